The number of hydrogen-bond donors (Lipinski definition) is 1. The number of imidazole rings is 1. The van der Waals surface area contributed by atoms with Gasteiger partial charge < -0.3 is 10.3 Å². The van der Waals surface area contributed by atoms with Gasteiger partial charge in [0.15, 0.2) is 0 Å². The van der Waals surface area contributed by atoms with Gasteiger partial charge in [0.25, 0.3) is 0 Å². The molecular weight excluding hydrogens is 186 g/mol. The van der Waals surface area contributed by atoms with Crippen LogP contribution in [0.3, 0.4) is 0 Å². The lowest BCUT2D eigenvalue weighted by molar-refractivity contribution is 0.453. The molecule has 0 saturated heterocycles. The van der Waals surface area contributed by atoms with Gasteiger partial charge in [-0.05, 0) is 24.2 Å². The van der Waals surface area contributed by atoms with Gasteiger partial charge in [-0.3, -0.25) is 0 Å². The summed E-state index contributed by atoms with van der Waals surface area (Å²) in [7, 11) is 2.04. The van der Waals surface area contributed by atoms with Crippen LogP contribution in [-0.2, 0) is 13.5 Å². The zero-order valence-electron chi connectivity index (χ0n) is 9.90. The topological polar surface area (TPSA) is 43.8 Å². The van der Waals surface area contributed by atoms with Crippen LogP contribution in [0, 0.1) is 11.3 Å². The van der Waals surface area contributed by atoms with Gasteiger partial charge in [0.05, 0.1) is 0 Å². The maximum Gasteiger partial charge on any atom is 0.108 e. The monoisotopic (exact) mass is 207 g/mol. The molecule has 84 valence electrons. The minimum atomic E-state index is 0.344. The summed E-state index contributed by atoms with van der Waals surface area (Å²) >= 11 is 0. The first kappa shape index (κ1) is 10.7. The number of nitrogens with zero attached hydrogens (tertiary/aromatic N) is 2. The van der Waals surface area contributed by atoms with Gasteiger partial charge in [0.1, 0.15) is 5.82 Å². The lowest BCUT2D eigenvalue weighted by atomic mass is 10.0. The summed E-state index contributed by atoms with van der Waals surface area (Å²) in [5.74, 6) is 1.86. The average molecular weight is 207 g/mol. The van der Waals surface area contributed by atoms with Crippen molar-refractivity contribution < 1.29 is 0 Å². The predicted molar refractivity (Wildman–Crippen MR) is 61.4 cm³/mol. The summed E-state index contributed by atoms with van der Waals surface area (Å²) in [6.07, 6.45) is 7.18. The van der Waals surface area contributed by atoms with Crippen LogP contribution in [-0.4, -0.2) is 15.6 Å². The molecule has 1 fully saturated rings. The molecule has 1 saturated carbocycles. The Morgan fingerprint density at radius 3 is 2.80 bits per heavy atom. The second-order valence-electron chi connectivity index (χ2n) is 5.46. The van der Waals surface area contributed by atoms with Crippen LogP contribution in [0.2, 0.25) is 0 Å². The van der Waals surface area contributed by atoms with Crippen molar-refractivity contribution in [2.45, 2.75) is 39.2 Å². The molecule has 1 aliphatic carbocycles. The molecule has 2 N–H and O–H groups in total. The number of aromatic nitrogens is 2. The summed E-state index contributed by atoms with van der Waals surface area (Å²) in [6.45, 7) is 4.61. The normalized spacial score (nSPS) is 25.2. The van der Waals surface area contributed by atoms with E-state index in [1.807, 2.05) is 19.4 Å². The number of rotatable bonds is 4. The maximum atomic E-state index is 6.18. The highest BCUT2D eigenvalue weighted by Gasteiger charge is 2.48. The predicted octanol–water partition coefficient (Wildman–Crippen LogP) is 1.73. The first-order chi connectivity index (χ1) is 7.00. The van der Waals surface area contributed by atoms with Crippen molar-refractivity contribution in [2.75, 3.05) is 0 Å². The molecular formula is C12H21N3. The third-order valence-electron chi connectivity index (χ3n) is 3.73. The fourth-order valence-corrected chi connectivity index (χ4v) is 2.37. The second kappa shape index (κ2) is 3.63. The standard InChI is InChI=1S/C12H21N3/c1-12(2)8-9(12)10(13)4-5-11-14-6-7-15(11)3/h6-7,9-10H,4-5,8,13H2,1-3H3. The Labute approximate surface area is 91.7 Å². The highest BCUT2D eigenvalue weighted by atomic mass is 15.0. The summed E-state index contributed by atoms with van der Waals surface area (Å²) in [6, 6.07) is 0.344. The van der Waals surface area contributed by atoms with Gasteiger partial charge in [0, 0.05) is 31.9 Å². The molecule has 1 aliphatic rings. The van der Waals surface area contributed by atoms with E-state index in [0.29, 0.717) is 11.5 Å². The summed E-state index contributed by atoms with van der Waals surface area (Å²) in [5.41, 5.74) is 6.67. The minimum absolute atomic E-state index is 0.344. The van der Waals surface area contributed by atoms with Gasteiger partial charge in [-0.15, -0.1) is 0 Å². The van der Waals surface area contributed by atoms with E-state index in [2.05, 4.69) is 23.4 Å². The Morgan fingerprint density at radius 2 is 2.33 bits per heavy atom. The first-order valence-electron chi connectivity index (χ1n) is 5.72. The van der Waals surface area contributed by atoms with Crippen LogP contribution >= 0.6 is 0 Å². The van der Waals surface area contributed by atoms with E-state index in [4.69, 9.17) is 5.73 Å². The van der Waals surface area contributed by atoms with Crippen molar-refractivity contribution >= 4 is 0 Å². The van der Waals surface area contributed by atoms with E-state index < -0.39 is 0 Å². The van der Waals surface area contributed by atoms with Gasteiger partial charge >= 0.3 is 0 Å². The van der Waals surface area contributed by atoms with E-state index in [1.54, 1.807) is 0 Å². The van der Waals surface area contributed by atoms with Crippen LogP contribution in [0.4, 0.5) is 0 Å². The largest absolute Gasteiger partial charge is 0.338 e. The summed E-state index contributed by atoms with van der Waals surface area (Å²) in [4.78, 5) is 4.31. The number of aryl methyl sites for hydroxylation is 2. The van der Waals surface area contributed by atoms with E-state index in [0.717, 1.165) is 24.6 Å². The van der Waals surface area contributed by atoms with Crippen LogP contribution in [0.15, 0.2) is 12.4 Å². The van der Waals surface area contributed by atoms with Gasteiger partial charge in [-0.1, -0.05) is 13.8 Å². The molecule has 0 amide bonds. The van der Waals surface area contributed by atoms with Gasteiger partial charge in [-0.2, -0.15) is 0 Å². The fraction of sp³-hybridized carbons (Fsp3) is 0.750. The number of nitrogens with two attached hydrogens (primary N) is 1. The Balaban J connectivity index is 1.82. The Morgan fingerprint density at radius 1 is 1.67 bits per heavy atom. The summed E-state index contributed by atoms with van der Waals surface area (Å²) in [5, 5.41) is 0. The van der Waals surface area contributed by atoms with Crippen molar-refractivity contribution in [3.8, 4) is 0 Å². The Kier molecular flexibility index (Phi) is 2.59. The molecule has 0 spiro atoms. The van der Waals surface area contributed by atoms with Crippen LogP contribution in [0.5, 0.6) is 0 Å². The van der Waals surface area contributed by atoms with Crippen LogP contribution in [0.1, 0.15) is 32.5 Å². The van der Waals surface area contributed by atoms with Crippen molar-refractivity contribution in [1.29, 1.82) is 0 Å². The minimum Gasteiger partial charge on any atom is -0.338 e. The lowest BCUT2D eigenvalue weighted by Crippen LogP contribution is -2.25. The average Bonchev–Trinajstić information content (AvgIpc) is 2.61. The number of hydrogen-bond acceptors (Lipinski definition) is 2. The van der Waals surface area contributed by atoms with E-state index in [1.165, 1.54) is 6.42 Å². The quantitative estimate of drug-likeness (QED) is 0.817. The third-order valence-corrected chi connectivity index (χ3v) is 3.73. The van der Waals surface area contributed by atoms with Crippen molar-refractivity contribution in [1.82, 2.24) is 9.55 Å². The molecule has 1 heterocycles. The molecule has 2 rings (SSSR count). The highest BCUT2D eigenvalue weighted by Crippen LogP contribution is 2.53. The second-order valence-corrected chi connectivity index (χ2v) is 5.46. The van der Waals surface area contributed by atoms with E-state index in [9.17, 15) is 0 Å². The van der Waals surface area contributed by atoms with Gasteiger partial charge in [0.2, 0.25) is 0 Å². The molecule has 15 heavy (non-hydrogen) atoms. The smallest absolute Gasteiger partial charge is 0.108 e. The Hall–Kier alpha value is -0.830. The third kappa shape index (κ3) is 2.23. The lowest BCUT2D eigenvalue weighted by Gasteiger charge is -2.13. The molecule has 1 aromatic rings. The molecule has 1 aromatic heterocycles. The fourth-order valence-electron chi connectivity index (χ4n) is 2.37. The van der Waals surface area contributed by atoms with Crippen molar-refractivity contribution in [2.24, 2.45) is 24.1 Å². The van der Waals surface area contributed by atoms with E-state index in [-0.39, 0.29) is 0 Å². The SMILES string of the molecule is Cn1ccnc1CCC(N)C1CC1(C)C. The molecule has 3 nitrogen and oxygen atoms in total. The highest BCUT2D eigenvalue weighted by molar-refractivity contribution is 5.02. The zero-order chi connectivity index (χ0) is 11.1. The summed E-state index contributed by atoms with van der Waals surface area (Å²) < 4.78 is 2.07. The molecule has 0 aliphatic heterocycles. The first-order valence-corrected chi connectivity index (χ1v) is 5.72. The molecule has 0 radical (unpaired) electrons. The molecule has 0 aromatic carbocycles. The Bertz CT molecular complexity index is 340. The van der Waals surface area contributed by atoms with E-state index >= 15 is 0 Å². The molecule has 2 unspecified atom stereocenters. The van der Waals surface area contributed by atoms with Gasteiger partial charge in [-0.25, -0.2) is 4.98 Å². The molecule has 2 atom stereocenters. The van der Waals surface area contributed by atoms with Crippen molar-refractivity contribution in [3.05, 3.63) is 18.2 Å². The van der Waals surface area contributed by atoms with Crippen molar-refractivity contribution in [3.63, 3.8) is 0 Å². The maximum absolute atomic E-state index is 6.18. The molecule has 0 bridgehead atoms. The van der Waals surface area contributed by atoms with Crippen LogP contribution in [0.25, 0.3) is 0 Å². The van der Waals surface area contributed by atoms with Crippen LogP contribution < -0.4 is 5.73 Å². The zero-order valence-corrected chi connectivity index (χ0v) is 9.90. The molecule has 3 heteroatoms.